The number of hydrogen-bond acceptors (Lipinski definition) is 3. The summed E-state index contributed by atoms with van der Waals surface area (Å²) in [5, 5.41) is 6.84. The van der Waals surface area contributed by atoms with Gasteiger partial charge in [-0.2, -0.15) is 0 Å². The van der Waals surface area contributed by atoms with E-state index in [1.165, 1.54) is 24.8 Å². The quantitative estimate of drug-likeness (QED) is 0.571. The predicted octanol–water partition coefficient (Wildman–Crippen LogP) is 2.57. The molecule has 1 fully saturated rings. The van der Waals surface area contributed by atoms with E-state index >= 15 is 0 Å². The van der Waals surface area contributed by atoms with Crippen molar-refractivity contribution in [2.45, 2.75) is 32.2 Å². The number of nitrogens with one attached hydrogen (secondary N) is 2. The van der Waals surface area contributed by atoms with Gasteiger partial charge < -0.3 is 20.1 Å². The maximum atomic E-state index is 5.25. The lowest BCUT2D eigenvalue weighted by Gasteiger charge is -2.42. The SMILES string of the molecule is CN=C(NCc1ccc(OC)cc1)NCC1(CCOC)CCC1. The molecule has 1 aliphatic rings. The van der Waals surface area contributed by atoms with Crippen LogP contribution in [-0.2, 0) is 11.3 Å². The number of aliphatic imine (C=N–C) groups is 1. The van der Waals surface area contributed by atoms with E-state index in [9.17, 15) is 0 Å². The van der Waals surface area contributed by atoms with Gasteiger partial charge in [-0.1, -0.05) is 18.6 Å². The van der Waals surface area contributed by atoms with Crippen molar-refractivity contribution in [1.29, 1.82) is 0 Å². The van der Waals surface area contributed by atoms with Crippen LogP contribution in [0.3, 0.4) is 0 Å². The van der Waals surface area contributed by atoms with Crippen molar-refractivity contribution < 1.29 is 9.47 Å². The van der Waals surface area contributed by atoms with Crippen molar-refractivity contribution in [2.75, 3.05) is 34.4 Å². The lowest BCUT2D eigenvalue weighted by Crippen LogP contribution is -2.46. The number of nitrogens with zero attached hydrogens (tertiary/aromatic N) is 1. The minimum atomic E-state index is 0.383. The molecule has 0 atom stereocenters. The Kier molecular flexibility index (Phi) is 6.71. The second-order valence-electron chi connectivity index (χ2n) is 6.22. The fraction of sp³-hybridized carbons (Fsp3) is 0.611. The van der Waals surface area contributed by atoms with E-state index in [-0.39, 0.29) is 0 Å². The molecule has 23 heavy (non-hydrogen) atoms. The molecule has 1 aromatic rings. The molecule has 0 amide bonds. The summed E-state index contributed by atoms with van der Waals surface area (Å²) >= 11 is 0. The number of benzene rings is 1. The van der Waals surface area contributed by atoms with Crippen LogP contribution in [0.5, 0.6) is 5.75 Å². The van der Waals surface area contributed by atoms with Crippen molar-refractivity contribution in [3.8, 4) is 5.75 Å². The second-order valence-corrected chi connectivity index (χ2v) is 6.22. The monoisotopic (exact) mass is 319 g/mol. The van der Waals surface area contributed by atoms with E-state index in [0.29, 0.717) is 5.41 Å². The molecule has 0 unspecified atom stereocenters. The molecule has 2 rings (SSSR count). The number of methoxy groups -OCH3 is 2. The summed E-state index contributed by atoms with van der Waals surface area (Å²) in [7, 11) is 5.26. The molecule has 5 heteroatoms. The summed E-state index contributed by atoms with van der Waals surface area (Å²) in [4.78, 5) is 4.32. The van der Waals surface area contributed by atoms with Gasteiger partial charge in [-0.15, -0.1) is 0 Å². The average Bonchev–Trinajstić information content (AvgIpc) is 2.56. The lowest BCUT2D eigenvalue weighted by molar-refractivity contribution is 0.0732. The molecule has 0 spiro atoms. The van der Waals surface area contributed by atoms with E-state index in [0.717, 1.165) is 37.8 Å². The topological polar surface area (TPSA) is 54.9 Å². The van der Waals surface area contributed by atoms with E-state index in [1.807, 2.05) is 19.2 Å². The van der Waals surface area contributed by atoms with Crippen LogP contribution in [-0.4, -0.2) is 40.4 Å². The van der Waals surface area contributed by atoms with Gasteiger partial charge in [-0.25, -0.2) is 0 Å². The van der Waals surface area contributed by atoms with E-state index in [1.54, 1.807) is 14.2 Å². The average molecular weight is 319 g/mol. The van der Waals surface area contributed by atoms with Crippen LogP contribution < -0.4 is 15.4 Å². The largest absolute Gasteiger partial charge is 0.497 e. The maximum absolute atomic E-state index is 5.25. The summed E-state index contributed by atoms with van der Waals surface area (Å²) in [6.45, 7) is 2.53. The Balaban J connectivity index is 1.78. The maximum Gasteiger partial charge on any atom is 0.191 e. The minimum absolute atomic E-state index is 0.383. The molecule has 2 N–H and O–H groups in total. The minimum Gasteiger partial charge on any atom is -0.497 e. The molecule has 0 saturated heterocycles. The van der Waals surface area contributed by atoms with Crippen LogP contribution in [0.2, 0.25) is 0 Å². The van der Waals surface area contributed by atoms with Crippen molar-refractivity contribution in [2.24, 2.45) is 10.4 Å². The van der Waals surface area contributed by atoms with E-state index in [4.69, 9.17) is 9.47 Å². The summed E-state index contributed by atoms with van der Waals surface area (Å²) in [6.07, 6.45) is 4.99. The Morgan fingerprint density at radius 3 is 2.43 bits per heavy atom. The van der Waals surface area contributed by atoms with Gasteiger partial charge >= 0.3 is 0 Å². The summed E-state index contributed by atoms with van der Waals surface area (Å²) in [5.74, 6) is 1.73. The molecule has 0 radical (unpaired) electrons. The Labute approximate surface area is 139 Å². The van der Waals surface area contributed by atoms with Gasteiger partial charge in [0.05, 0.1) is 7.11 Å². The van der Waals surface area contributed by atoms with Crippen LogP contribution in [0, 0.1) is 5.41 Å². The number of rotatable bonds is 8. The first-order chi connectivity index (χ1) is 11.2. The highest BCUT2D eigenvalue weighted by atomic mass is 16.5. The third-order valence-electron chi connectivity index (χ3n) is 4.72. The molecule has 1 saturated carbocycles. The van der Waals surface area contributed by atoms with Crippen molar-refractivity contribution in [3.05, 3.63) is 29.8 Å². The van der Waals surface area contributed by atoms with Crippen LogP contribution >= 0.6 is 0 Å². The lowest BCUT2D eigenvalue weighted by atomic mass is 9.67. The zero-order chi connectivity index (χ0) is 16.5. The highest BCUT2D eigenvalue weighted by Gasteiger charge is 2.36. The number of guanidine groups is 1. The van der Waals surface area contributed by atoms with Crippen molar-refractivity contribution >= 4 is 5.96 Å². The third kappa shape index (κ3) is 5.13. The van der Waals surface area contributed by atoms with Gasteiger partial charge in [0.1, 0.15) is 5.75 Å². The standard InChI is InChI=1S/C18H29N3O2/c1-19-17(20-13-15-5-7-16(23-3)8-6-15)21-14-18(9-4-10-18)11-12-22-2/h5-8H,4,9-14H2,1-3H3,(H2,19,20,21). The van der Waals surface area contributed by atoms with Crippen LogP contribution in [0.15, 0.2) is 29.3 Å². The molecule has 0 heterocycles. The van der Waals surface area contributed by atoms with Gasteiger partial charge in [0.25, 0.3) is 0 Å². The highest BCUT2D eigenvalue weighted by Crippen LogP contribution is 2.43. The van der Waals surface area contributed by atoms with Crippen molar-refractivity contribution in [1.82, 2.24) is 10.6 Å². The van der Waals surface area contributed by atoms with Crippen LogP contribution in [0.4, 0.5) is 0 Å². The molecule has 0 aliphatic heterocycles. The molecule has 0 bridgehead atoms. The third-order valence-corrected chi connectivity index (χ3v) is 4.72. The Bertz CT molecular complexity index is 495. The van der Waals surface area contributed by atoms with Gasteiger partial charge in [0.15, 0.2) is 5.96 Å². The first kappa shape index (κ1) is 17.6. The Morgan fingerprint density at radius 1 is 1.17 bits per heavy atom. The van der Waals surface area contributed by atoms with Crippen molar-refractivity contribution in [3.63, 3.8) is 0 Å². The molecular formula is C18H29N3O2. The summed E-state index contributed by atoms with van der Waals surface area (Å²) in [5.41, 5.74) is 1.58. The van der Waals surface area contributed by atoms with Gasteiger partial charge in [-0.05, 0) is 42.4 Å². The smallest absolute Gasteiger partial charge is 0.191 e. The Hall–Kier alpha value is -1.75. The van der Waals surface area contributed by atoms with Gasteiger partial charge in [-0.3, -0.25) is 4.99 Å². The first-order valence-corrected chi connectivity index (χ1v) is 8.28. The normalized spacial score (nSPS) is 16.6. The molecule has 128 valence electrons. The molecule has 1 aromatic carbocycles. The van der Waals surface area contributed by atoms with Crippen LogP contribution in [0.1, 0.15) is 31.2 Å². The van der Waals surface area contributed by atoms with E-state index in [2.05, 4.69) is 27.8 Å². The number of hydrogen-bond donors (Lipinski definition) is 2. The molecule has 0 aromatic heterocycles. The zero-order valence-electron chi connectivity index (χ0n) is 14.5. The fourth-order valence-corrected chi connectivity index (χ4v) is 2.93. The zero-order valence-corrected chi connectivity index (χ0v) is 14.5. The fourth-order valence-electron chi connectivity index (χ4n) is 2.93. The molecule has 1 aliphatic carbocycles. The summed E-state index contributed by atoms with van der Waals surface area (Å²) in [6, 6.07) is 8.07. The summed E-state index contributed by atoms with van der Waals surface area (Å²) < 4.78 is 10.4. The molecular weight excluding hydrogens is 290 g/mol. The van der Waals surface area contributed by atoms with E-state index < -0.39 is 0 Å². The Morgan fingerprint density at radius 2 is 1.91 bits per heavy atom. The van der Waals surface area contributed by atoms with Gasteiger partial charge in [0, 0.05) is 33.9 Å². The van der Waals surface area contributed by atoms with Crippen LogP contribution in [0.25, 0.3) is 0 Å². The van der Waals surface area contributed by atoms with Gasteiger partial charge in [0.2, 0.25) is 0 Å². The number of ether oxygens (including phenoxy) is 2. The first-order valence-electron chi connectivity index (χ1n) is 8.28. The highest BCUT2D eigenvalue weighted by molar-refractivity contribution is 5.79. The predicted molar refractivity (Wildman–Crippen MR) is 94.0 cm³/mol. The second kappa shape index (κ2) is 8.77. The molecule has 5 nitrogen and oxygen atoms in total.